The van der Waals surface area contributed by atoms with Crippen molar-refractivity contribution in [2.75, 3.05) is 0 Å². The fourth-order valence-corrected chi connectivity index (χ4v) is 3.61. The second-order valence-corrected chi connectivity index (χ2v) is 5.53. The van der Waals surface area contributed by atoms with E-state index in [0.717, 1.165) is 24.1 Å². The van der Waals surface area contributed by atoms with E-state index in [9.17, 15) is 9.59 Å². The van der Waals surface area contributed by atoms with E-state index in [1.165, 1.54) is 0 Å². The van der Waals surface area contributed by atoms with E-state index in [-0.39, 0.29) is 12.2 Å². The predicted octanol–water partition coefficient (Wildman–Crippen LogP) is 2.99. The van der Waals surface area contributed by atoms with Gasteiger partial charge in [-0.2, -0.15) is 0 Å². The normalized spacial score (nSPS) is 24.8. The number of carboxylic acid groups (broad SMARTS) is 1. The third-order valence-corrected chi connectivity index (χ3v) is 4.62. The predicted molar refractivity (Wildman–Crippen MR) is 66.3 cm³/mol. The molecule has 0 unspecified atom stereocenters. The molecule has 0 amide bonds. The van der Waals surface area contributed by atoms with E-state index in [1.807, 2.05) is 17.5 Å². The highest BCUT2D eigenvalue weighted by atomic mass is 32.1. The lowest BCUT2D eigenvalue weighted by molar-refractivity contribution is -0.138. The molecule has 2 rings (SSSR count). The maximum atomic E-state index is 12.2. The van der Waals surface area contributed by atoms with Crippen molar-refractivity contribution in [2.24, 2.45) is 0 Å². The van der Waals surface area contributed by atoms with E-state index in [1.54, 1.807) is 11.3 Å². The first-order chi connectivity index (χ1) is 8.15. The average molecular weight is 252 g/mol. The first kappa shape index (κ1) is 12.3. The number of carboxylic acids is 1. The van der Waals surface area contributed by atoms with Crippen molar-refractivity contribution < 1.29 is 14.7 Å². The zero-order valence-electron chi connectivity index (χ0n) is 9.65. The quantitative estimate of drug-likeness (QED) is 0.896. The van der Waals surface area contributed by atoms with E-state index < -0.39 is 11.4 Å². The Labute approximate surface area is 104 Å². The molecule has 0 aromatic carbocycles. The summed E-state index contributed by atoms with van der Waals surface area (Å²) in [6, 6.07) is 3.90. The lowest BCUT2D eigenvalue weighted by Gasteiger charge is -2.34. The van der Waals surface area contributed by atoms with Crippen molar-refractivity contribution in [3.8, 4) is 0 Å². The second-order valence-electron chi connectivity index (χ2n) is 4.58. The van der Waals surface area contributed by atoms with Gasteiger partial charge in [0.05, 0.1) is 5.41 Å². The van der Waals surface area contributed by atoms with Gasteiger partial charge in [-0.3, -0.25) is 9.59 Å². The summed E-state index contributed by atoms with van der Waals surface area (Å²) in [7, 11) is 0. The van der Waals surface area contributed by atoms with Gasteiger partial charge < -0.3 is 5.11 Å². The van der Waals surface area contributed by atoms with Crippen molar-refractivity contribution in [2.45, 2.75) is 43.9 Å². The highest BCUT2D eigenvalue weighted by Gasteiger charge is 2.42. The summed E-state index contributed by atoms with van der Waals surface area (Å²) < 4.78 is 0. The van der Waals surface area contributed by atoms with Crippen LogP contribution in [-0.2, 0) is 15.0 Å². The summed E-state index contributed by atoms with van der Waals surface area (Å²) >= 11 is 1.57. The number of ketones is 1. The third-order valence-electron chi connectivity index (χ3n) is 3.55. The fraction of sp³-hybridized carbons (Fsp3) is 0.538. The van der Waals surface area contributed by atoms with Crippen LogP contribution in [0.1, 0.15) is 43.4 Å². The van der Waals surface area contributed by atoms with Gasteiger partial charge in [0, 0.05) is 17.7 Å². The molecule has 92 valence electrons. The molecule has 3 nitrogen and oxygen atoms in total. The number of carbonyl (C=O) groups excluding carboxylic acids is 1. The van der Waals surface area contributed by atoms with Crippen LogP contribution in [-0.4, -0.2) is 16.9 Å². The van der Waals surface area contributed by atoms with Gasteiger partial charge in [-0.25, -0.2) is 0 Å². The van der Waals surface area contributed by atoms with Crippen molar-refractivity contribution >= 4 is 23.1 Å². The maximum Gasteiger partial charge on any atom is 0.303 e. The summed E-state index contributed by atoms with van der Waals surface area (Å²) in [4.78, 5) is 24.0. The number of Topliss-reactive ketones (excluding diaryl/α,β-unsaturated/α-hetero) is 1. The van der Waals surface area contributed by atoms with Crippen LogP contribution in [0.25, 0.3) is 0 Å². The molecule has 0 spiro atoms. The molecule has 1 aliphatic carbocycles. The van der Waals surface area contributed by atoms with E-state index in [4.69, 9.17) is 5.11 Å². The Morgan fingerprint density at radius 2 is 2.29 bits per heavy atom. The summed E-state index contributed by atoms with van der Waals surface area (Å²) in [5, 5.41) is 10.8. The number of carbonyl (C=O) groups is 2. The lowest BCUT2D eigenvalue weighted by atomic mass is 9.69. The Hall–Kier alpha value is -1.16. The van der Waals surface area contributed by atoms with Crippen LogP contribution in [0.2, 0.25) is 0 Å². The molecule has 1 fully saturated rings. The Morgan fingerprint density at radius 3 is 2.88 bits per heavy atom. The van der Waals surface area contributed by atoms with Gasteiger partial charge in [-0.05, 0) is 30.7 Å². The van der Waals surface area contributed by atoms with Gasteiger partial charge >= 0.3 is 5.97 Å². The molecule has 0 bridgehead atoms. The van der Waals surface area contributed by atoms with Crippen LogP contribution in [0.15, 0.2) is 17.5 Å². The molecule has 17 heavy (non-hydrogen) atoms. The van der Waals surface area contributed by atoms with Crippen LogP contribution in [0.3, 0.4) is 0 Å². The van der Waals surface area contributed by atoms with Crippen molar-refractivity contribution in [3.63, 3.8) is 0 Å². The number of hydrogen-bond acceptors (Lipinski definition) is 3. The Balaban J connectivity index is 2.28. The molecule has 1 aromatic heterocycles. The van der Waals surface area contributed by atoms with Crippen LogP contribution >= 0.6 is 11.3 Å². The molecular formula is C13H16O3S. The van der Waals surface area contributed by atoms with Crippen LogP contribution in [0.4, 0.5) is 0 Å². The number of aliphatic carboxylic acids is 1. The minimum atomic E-state index is -0.820. The average Bonchev–Trinajstić information content (AvgIpc) is 2.82. The topological polar surface area (TPSA) is 54.4 Å². The largest absolute Gasteiger partial charge is 0.481 e. The molecule has 1 heterocycles. The molecule has 1 N–H and O–H groups in total. The summed E-state index contributed by atoms with van der Waals surface area (Å²) in [5.74, 6) is -0.591. The summed E-state index contributed by atoms with van der Waals surface area (Å²) in [5.41, 5.74) is -0.509. The standard InChI is InChI=1S/C13H16O3S/c14-10-4-1-2-7-13(10,8-6-12(15)16)11-5-3-9-17-11/h3,5,9H,1-2,4,6-8H2,(H,15,16)/t13-/m1/s1. The molecule has 1 aromatic rings. The third kappa shape index (κ3) is 2.41. The molecule has 0 aliphatic heterocycles. The van der Waals surface area contributed by atoms with Gasteiger partial charge in [0.15, 0.2) is 0 Å². The first-order valence-electron chi connectivity index (χ1n) is 5.94. The smallest absolute Gasteiger partial charge is 0.303 e. The second kappa shape index (κ2) is 5.00. The minimum absolute atomic E-state index is 0.0731. The zero-order chi connectivity index (χ0) is 12.3. The van der Waals surface area contributed by atoms with E-state index in [2.05, 4.69) is 0 Å². The van der Waals surface area contributed by atoms with Crippen LogP contribution in [0, 0.1) is 0 Å². The molecule has 1 aliphatic rings. The molecular weight excluding hydrogens is 236 g/mol. The highest BCUT2D eigenvalue weighted by molar-refractivity contribution is 7.10. The maximum absolute atomic E-state index is 12.2. The van der Waals surface area contributed by atoms with Gasteiger partial charge in [0.1, 0.15) is 5.78 Å². The molecule has 0 saturated heterocycles. The number of rotatable bonds is 4. The van der Waals surface area contributed by atoms with E-state index >= 15 is 0 Å². The highest BCUT2D eigenvalue weighted by Crippen LogP contribution is 2.42. The Bertz CT molecular complexity index is 410. The SMILES string of the molecule is O=C(O)CC[C@]1(c2cccs2)CCCCC1=O. The van der Waals surface area contributed by atoms with Gasteiger partial charge in [-0.1, -0.05) is 12.5 Å². The first-order valence-corrected chi connectivity index (χ1v) is 6.82. The van der Waals surface area contributed by atoms with E-state index in [0.29, 0.717) is 12.8 Å². The molecule has 0 radical (unpaired) electrons. The Kier molecular flexibility index (Phi) is 3.62. The van der Waals surface area contributed by atoms with Gasteiger partial charge in [0.25, 0.3) is 0 Å². The molecule has 1 atom stereocenters. The van der Waals surface area contributed by atoms with Crippen LogP contribution in [0.5, 0.6) is 0 Å². The number of thiophene rings is 1. The molecule has 1 saturated carbocycles. The van der Waals surface area contributed by atoms with Crippen molar-refractivity contribution in [3.05, 3.63) is 22.4 Å². The van der Waals surface area contributed by atoms with Crippen molar-refractivity contribution in [1.82, 2.24) is 0 Å². The summed E-state index contributed by atoms with van der Waals surface area (Å²) in [6.45, 7) is 0. The van der Waals surface area contributed by atoms with Crippen molar-refractivity contribution in [1.29, 1.82) is 0 Å². The fourth-order valence-electron chi connectivity index (χ4n) is 2.61. The van der Waals surface area contributed by atoms with Crippen LogP contribution < -0.4 is 0 Å². The minimum Gasteiger partial charge on any atom is -0.481 e. The summed E-state index contributed by atoms with van der Waals surface area (Å²) in [6.07, 6.45) is 3.88. The van der Waals surface area contributed by atoms with Gasteiger partial charge in [0.2, 0.25) is 0 Å². The zero-order valence-corrected chi connectivity index (χ0v) is 10.5. The number of hydrogen-bond donors (Lipinski definition) is 1. The molecule has 4 heteroatoms. The Morgan fingerprint density at radius 1 is 1.47 bits per heavy atom. The monoisotopic (exact) mass is 252 g/mol. The lowest BCUT2D eigenvalue weighted by Crippen LogP contribution is -2.38. The van der Waals surface area contributed by atoms with Gasteiger partial charge in [-0.15, -0.1) is 11.3 Å².